The standard InChI is InChI=1S/C20H16O4/c21-19-12-16(8-11-18(19)20(22)23)15-6-9-17(10-7-15)24-13-14-4-2-1-3-5-14/h1-12,21H,13H2,(H,22,23)/p-1. The molecule has 0 aliphatic heterocycles. The van der Waals surface area contributed by atoms with Crippen molar-refractivity contribution in [1.82, 2.24) is 0 Å². The summed E-state index contributed by atoms with van der Waals surface area (Å²) in [6.07, 6.45) is 0. The normalized spacial score (nSPS) is 10.3. The van der Waals surface area contributed by atoms with Gasteiger partial charge >= 0.3 is 5.97 Å². The molecule has 0 aliphatic rings. The largest absolute Gasteiger partial charge is 0.872 e. The number of rotatable bonds is 5. The van der Waals surface area contributed by atoms with E-state index in [2.05, 4.69) is 0 Å². The van der Waals surface area contributed by atoms with Crippen molar-refractivity contribution in [3.63, 3.8) is 0 Å². The highest BCUT2D eigenvalue weighted by atomic mass is 16.5. The van der Waals surface area contributed by atoms with E-state index in [9.17, 15) is 9.90 Å². The zero-order valence-electron chi connectivity index (χ0n) is 12.8. The summed E-state index contributed by atoms with van der Waals surface area (Å²) in [6.45, 7) is 0.484. The average Bonchev–Trinajstić information content (AvgIpc) is 2.61. The molecule has 120 valence electrons. The summed E-state index contributed by atoms with van der Waals surface area (Å²) in [5, 5.41) is 20.7. The molecule has 0 saturated heterocycles. The predicted molar refractivity (Wildman–Crippen MR) is 89.1 cm³/mol. The van der Waals surface area contributed by atoms with E-state index < -0.39 is 11.7 Å². The molecule has 0 saturated carbocycles. The second-order valence-corrected chi connectivity index (χ2v) is 5.31. The molecule has 3 aromatic rings. The van der Waals surface area contributed by atoms with Gasteiger partial charge in [-0.2, -0.15) is 0 Å². The predicted octanol–water partition coefficient (Wildman–Crippen LogP) is 3.70. The second kappa shape index (κ2) is 6.87. The van der Waals surface area contributed by atoms with Crippen LogP contribution in [0.15, 0.2) is 72.8 Å². The van der Waals surface area contributed by atoms with Crippen molar-refractivity contribution in [2.45, 2.75) is 6.61 Å². The van der Waals surface area contributed by atoms with Crippen molar-refractivity contribution >= 4 is 5.97 Å². The van der Waals surface area contributed by atoms with Crippen LogP contribution in [0.4, 0.5) is 0 Å². The monoisotopic (exact) mass is 319 g/mol. The van der Waals surface area contributed by atoms with Gasteiger partial charge in [0.1, 0.15) is 12.4 Å². The quantitative estimate of drug-likeness (QED) is 0.778. The summed E-state index contributed by atoms with van der Waals surface area (Å²) >= 11 is 0. The lowest BCUT2D eigenvalue weighted by Gasteiger charge is -2.13. The molecule has 1 N–H and O–H groups in total. The molecule has 0 amide bonds. The molecule has 4 nitrogen and oxygen atoms in total. The maximum absolute atomic E-state index is 11.8. The first-order valence-corrected chi connectivity index (χ1v) is 7.45. The van der Waals surface area contributed by atoms with Gasteiger partial charge in [0.15, 0.2) is 0 Å². The molecule has 0 heterocycles. The molecule has 0 atom stereocenters. The van der Waals surface area contributed by atoms with Gasteiger partial charge in [-0.1, -0.05) is 60.3 Å². The number of ether oxygens (including phenoxy) is 1. The van der Waals surface area contributed by atoms with Crippen molar-refractivity contribution in [3.05, 3.63) is 83.9 Å². The van der Waals surface area contributed by atoms with Crippen LogP contribution in [-0.2, 0) is 6.61 Å². The maximum atomic E-state index is 11.8. The summed E-state index contributed by atoms with van der Waals surface area (Å²) < 4.78 is 5.72. The highest BCUT2D eigenvalue weighted by Gasteiger charge is 2.05. The Kier molecular flexibility index (Phi) is 4.47. The van der Waals surface area contributed by atoms with E-state index in [4.69, 9.17) is 9.84 Å². The Labute approximate surface area is 139 Å². The molecule has 0 aliphatic carbocycles. The molecule has 0 aromatic heterocycles. The minimum atomic E-state index is -1.21. The number of carboxylic acids is 1. The molecule has 0 radical (unpaired) electrons. The van der Waals surface area contributed by atoms with E-state index in [1.165, 1.54) is 12.1 Å². The number of carbonyl (C=O) groups is 1. The van der Waals surface area contributed by atoms with Crippen LogP contribution in [0.1, 0.15) is 15.9 Å². The zero-order chi connectivity index (χ0) is 16.9. The fourth-order valence-electron chi connectivity index (χ4n) is 2.36. The van der Waals surface area contributed by atoms with Gasteiger partial charge in [-0.3, -0.25) is 0 Å². The lowest BCUT2D eigenvalue weighted by molar-refractivity contribution is -0.268. The number of aromatic carboxylic acids is 1. The highest BCUT2D eigenvalue weighted by Crippen LogP contribution is 2.27. The van der Waals surface area contributed by atoms with Crippen LogP contribution < -0.4 is 9.84 Å². The van der Waals surface area contributed by atoms with Crippen molar-refractivity contribution in [1.29, 1.82) is 0 Å². The van der Waals surface area contributed by atoms with Crippen LogP contribution in [0.2, 0.25) is 0 Å². The number of benzene rings is 3. The third kappa shape index (κ3) is 3.55. The van der Waals surface area contributed by atoms with Gasteiger partial charge in [0.2, 0.25) is 0 Å². The van der Waals surface area contributed by atoms with Crippen molar-refractivity contribution < 1.29 is 19.7 Å². The van der Waals surface area contributed by atoms with Gasteiger partial charge in [-0.05, 0) is 34.9 Å². The third-order valence-electron chi connectivity index (χ3n) is 3.65. The molecule has 4 heteroatoms. The Morgan fingerprint density at radius 1 is 0.917 bits per heavy atom. The minimum absolute atomic E-state index is 0.221. The lowest BCUT2D eigenvalue weighted by atomic mass is 10.0. The molecule has 0 bridgehead atoms. The van der Waals surface area contributed by atoms with Crippen LogP contribution >= 0.6 is 0 Å². The van der Waals surface area contributed by atoms with E-state index in [0.29, 0.717) is 12.2 Å². The summed E-state index contributed by atoms with van der Waals surface area (Å²) in [4.78, 5) is 10.9. The van der Waals surface area contributed by atoms with Gasteiger partial charge in [-0.15, -0.1) is 0 Å². The van der Waals surface area contributed by atoms with E-state index >= 15 is 0 Å². The minimum Gasteiger partial charge on any atom is -0.872 e. The summed E-state index contributed by atoms with van der Waals surface area (Å²) in [5.74, 6) is -0.979. The summed E-state index contributed by atoms with van der Waals surface area (Å²) in [6, 6.07) is 21.5. The number of carboxylic acid groups (broad SMARTS) is 1. The second-order valence-electron chi connectivity index (χ2n) is 5.31. The fraction of sp³-hybridized carbons (Fsp3) is 0.0500. The van der Waals surface area contributed by atoms with Crippen molar-refractivity contribution in [2.24, 2.45) is 0 Å². The molecule has 0 unspecified atom stereocenters. The first-order chi connectivity index (χ1) is 11.6. The maximum Gasteiger partial charge on any atom is 0.335 e. The Hall–Kier alpha value is -3.27. The van der Waals surface area contributed by atoms with E-state index in [0.717, 1.165) is 16.9 Å². The molecule has 3 aromatic carbocycles. The molecule has 24 heavy (non-hydrogen) atoms. The molecular formula is C20H15O4-. The highest BCUT2D eigenvalue weighted by molar-refractivity contribution is 5.91. The van der Waals surface area contributed by atoms with E-state index in [1.54, 1.807) is 6.07 Å². The van der Waals surface area contributed by atoms with Crippen LogP contribution in [0.3, 0.4) is 0 Å². The van der Waals surface area contributed by atoms with E-state index in [1.807, 2.05) is 54.6 Å². The SMILES string of the molecule is O=C(O)c1ccc(-c2ccc(OCc3ccccc3)cc2)cc1[O-]. The van der Waals surface area contributed by atoms with Crippen molar-refractivity contribution in [3.8, 4) is 22.6 Å². The van der Waals surface area contributed by atoms with Crippen LogP contribution in [0.5, 0.6) is 11.5 Å². The molecular weight excluding hydrogens is 304 g/mol. The smallest absolute Gasteiger partial charge is 0.335 e. The molecule has 0 spiro atoms. The molecule has 3 rings (SSSR count). The van der Waals surface area contributed by atoms with Gasteiger partial charge in [-0.25, -0.2) is 4.79 Å². The first kappa shape index (κ1) is 15.6. The summed E-state index contributed by atoms with van der Waals surface area (Å²) in [7, 11) is 0. The molecule has 0 fully saturated rings. The zero-order valence-corrected chi connectivity index (χ0v) is 12.8. The lowest BCUT2D eigenvalue weighted by Crippen LogP contribution is -2.03. The van der Waals surface area contributed by atoms with Gasteiger partial charge < -0.3 is 14.9 Å². The van der Waals surface area contributed by atoms with Crippen molar-refractivity contribution in [2.75, 3.05) is 0 Å². The average molecular weight is 319 g/mol. The Bertz CT molecular complexity index is 839. The number of hydrogen-bond donors (Lipinski definition) is 1. The van der Waals surface area contributed by atoms with Crippen LogP contribution in [0, 0.1) is 0 Å². The third-order valence-corrected chi connectivity index (χ3v) is 3.65. The van der Waals surface area contributed by atoms with Gasteiger partial charge in [0, 0.05) is 0 Å². The topological polar surface area (TPSA) is 69.6 Å². The first-order valence-electron chi connectivity index (χ1n) is 7.45. The van der Waals surface area contributed by atoms with Gasteiger partial charge in [0.25, 0.3) is 0 Å². The Balaban J connectivity index is 1.72. The van der Waals surface area contributed by atoms with Gasteiger partial charge in [0.05, 0.1) is 5.56 Å². The Morgan fingerprint density at radius 3 is 2.21 bits per heavy atom. The van der Waals surface area contributed by atoms with Crippen LogP contribution in [0.25, 0.3) is 11.1 Å². The Morgan fingerprint density at radius 2 is 1.58 bits per heavy atom. The summed E-state index contributed by atoms with van der Waals surface area (Å²) in [5.41, 5.74) is 2.37. The number of hydrogen-bond acceptors (Lipinski definition) is 3. The van der Waals surface area contributed by atoms with E-state index in [-0.39, 0.29) is 5.56 Å². The fourth-order valence-corrected chi connectivity index (χ4v) is 2.36. The van der Waals surface area contributed by atoms with Crippen LogP contribution in [-0.4, -0.2) is 11.1 Å².